The summed E-state index contributed by atoms with van der Waals surface area (Å²) in [6, 6.07) is 8.17. The van der Waals surface area contributed by atoms with E-state index in [-0.39, 0.29) is 0 Å². The second-order valence-corrected chi connectivity index (χ2v) is 4.71. The van der Waals surface area contributed by atoms with E-state index in [9.17, 15) is 0 Å². The van der Waals surface area contributed by atoms with E-state index in [0.717, 1.165) is 18.8 Å². The van der Waals surface area contributed by atoms with Crippen LogP contribution in [0.2, 0.25) is 0 Å². The van der Waals surface area contributed by atoms with Gasteiger partial charge in [-0.05, 0) is 36.0 Å². The van der Waals surface area contributed by atoms with Gasteiger partial charge in [0.15, 0.2) is 0 Å². The maximum absolute atomic E-state index is 6.03. The van der Waals surface area contributed by atoms with E-state index in [1.54, 1.807) is 14.2 Å². The molecule has 1 aromatic rings. The minimum absolute atomic E-state index is 0.449. The molecule has 0 radical (unpaired) electrons. The fourth-order valence-electron chi connectivity index (χ4n) is 1.87. The molecule has 0 aromatic heterocycles. The quantitative estimate of drug-likeness (QED) is 0.697. The van der Waals surface area contributed by atoms with Crippen molar-refractivity contribution >= 4 is 11.6 Å². The first-order valence-corrected chi connectivity index (χ1v) is 6.42. The fraction of sp³-hybridized carbons (Fsp3) is 0.571. The van der Waals surface area contributed by atoms with Gasteiger partial charge in [-0.2, -0.15) is 0 Å². The van der Waals surface area contributed by atoms with Crippen LogP contribution in [-0.4, -0.2) is 26.7 Å². The Morgan fingerprint density at radius 2 is 1.82 bits per heavy atom. The Bertz CT molecular complexity index is 311. The summed E-state index contributed by atoms with van der Waals surface area (Å²) in [6.45, 7) is 2.94. The lowest BCUT2D eigenvalue weighted by atomic mass is 9.90. The maximum Gasteiger partial charge on any atom is 0.118 e. The van der Waals surface area contributed by atoms with Gasteiger partial charge in [0.1, 0.15) is 5.75 Å². The first kappa shape index (κ1) is 14.3. The van der Waals surface area contributed by atoms with Crippen LogP contribution in [0.3, 0.4) is 0 Å². The average molecular weight is 257 g/mol. The van der Waals surface area contributed by atoms with E-state index in [2.05, 4.69) is 19.1 Å². The summed E-state index contributed by atoms with van der Waals surface area (Å²) >= 11 is 6.03. The number of hydrogen-bond donors (Lipinski definition) is 0. The highest BCUT2D eigenvalue weighted by Crippen LogP contribution is 2.21. The predicted octanol–water partition coefficient (Wildman–Crippen LogP) is 3.38. The maximum atomic E-state index is 6.03. The summed E-state index contributed by atoms with van der Waals surface area (Å²) in [6.07, 6.45) is 0.984. The lowest BCUT2D eigenvalue weighted by Gasteiger charge is -2.21. The molecule has 0 spiro atoms. The topological polar surface area (TPSA) is 18.5 Å². The minimum atomic E-state index is 0.449. The van der Waals surface area contributed by atoms with Gasteiger partial charge >= 0.3 is 0 Å². The third-order valence-corrected chi connectivity index (χ3v) is 3.49. The highest BCUT2D eigenvalue weighted by Gasteiger charge is 2.16. The van der Waals surface area contributed by atoms with Crippen LogP contribution in [0.5, 0.6) is 5.75 Å². The second-order valence-electron chi connectivity index (χ2n) is 4.40. The van der Waals surface area contributed by atoms with Crippen molar-refractivity contribution < 1.29 is 9.47 Å². The molecule has 2 unspecified atom stereocenters. The molecular weight excluding hydrogens is 236 g/mol. The van der Waals surface area contributed by atoms with Gasteiger partial charge in [0.25, 0.3) is 0 Å². The van der Waals surface area contributed by atoms with Crippen molar-refractivity contribution in [3.8, 4) is 5.75 Å². The first-order chi connectivity index (χ1) is 8.21. The highest BCUT2D eigenvalue weighted by atomic mass is 35.5. The molecule has 0 heterocycles. The van der Waals surface area contributed by atoms with Crippen molar-refractivity contribution in [2.45, 2.75) is 13.3 Å². The Hall–Kier alpha value is -0.730. The Morgan fingerprint density at radius 1 is 1.18 bits per heavy atom. The summed E-state index contributed by atoms with van der Waals surface area (Å²) in [4.78, 5) is 0. The van der Waals surface area contributed by atoms with Crippen LogP contribution in [-0.2, 0) is 11.2 Å². The van der Waals surface area contributed by atoms with Gasteiger partial charge in [0, 0.05) is 19.6 Å². The Morgan fingerprint density at radius 3 is 2.29 bits per heavy atom. The molecule has 2 atom stereocenters. The van der Waals surface area contributed by atoms with E-state index >= 15 is 0 Å². The molecule has 0 amide bonds. The van der Waals surface area contributed by atoms with Crippen LogP contribution >= 0.6 is 11.6 Å². The molecule has 0 bridgehead atoms. The molecule has 0 aliphatic heterocycles. The molecule has 3 heteroatoms. The van der Waals surface area contributed by atoms with Gasteiger partial charge in [-0.1, -0.05) is 19.1 Å². The van der Waals surface area contributed by atoms with Crippen LogP contribution in [0.25, 0.3) is 0 Å². The molecule has 96 valence electrons. The largest absolute Gasteiger partial charge is 0.497 e. The monoisotopic (exact) mass is 256 g/mol. The number of ether oxygens (including phenoxy) is 2. The van der Waals surface area contributed by atoms with Crippen molar-refractivity contribution in [3.63, 3.8) is 0 Å². The molecule has 1 rings (SSSR count). The minimum Gasteiger partial charge on any atom is -0.497 e. The molecule has 0 fully saturated rings. The van der Waals surface area contributed by atoms with Crippen molar-refractivity contribution in [3.05, 3.63) is 29.8 Å². The summed E-state index contributed by atoms with van der Waals surface area (Å²) in [5, 5.41) is 0. The number of halogens is 1. The smallest absolute Gasteiger partial charge is 0.118 e. The third kappa shape index (κ3) is 4.57. The number of rotatable bonds is 7. The molecule has 17 heavy (non-hydrogen) atoms. The van der Waals surface area contributed by atoms with E-state index < -0.39 is 0 Å². The van der Waals surface area contributed by atoms with Gasteiger partial charge in [-0.15, -0.1) is 11.6 Å². The van der Waals surface area contributed by atoms with Gasteiger partial charge in [0.2, 0.25) is 0 Å². The molecule has 0 saturated heterocycles. The second kappa shape index (κ2) is 7.57. The number of methoxy groups -OCH3 is 2. The van der Waals surface area contributed by atoms with Gasteiger partial charge in [-0.3, -0.25) is 0 Å². The van der Waals surface area contributed by atoms with Crippen molar-refractivity contribution in [2.24, 2.45) is 11.8 Å². The van der Waals surface area contributed by atoms with Gasteiger partial charge in [-0.25, -0.2) is 0 Å². The highest BCUT2D eigenvalue weighted by molar-refractivity contribution is 6.18. The molecular formula is C14H21ClO2. The zero-order valence-corrected chi connectivity index (χ0v) is 11.5. The van der Waals surface area contributed by atoms with Crippen molar-refractivity contribution in [1.82, 2.24) is 0 Å². The van der Waals surface area contributed by atoms with E-state index in [1.165, 1.54) is 5.56 Å². The molecule has 0 aliphatic carbocycles. The average Bonchev–Trinajstić information content (AvgIpc) is 2.37. The standard InChI is InChI=1S/C14H21ClO2/c1-11(10-16-2)13(9-15)8-12-4-6-14(17-3)7-5-12/h4-7,11,13H,8-10H2,1-3H3. The zero-order chi connectivity index (χ0) is 12.7. The van der Waals surface area contributed by atoms with Crippen molar-refractivity contribution in [1.29, 1.82) is 0 Å². The molecule has 2 nitrogen and oxygen atoms in total. The van der Waals surface area contributed by atoms with Crippen LogP contribution in [0.15, 0.2) is 24.3 Å². The zero-order valence-electron chi connectivity index (χ0n) is 10.8. The molecule has 0 aliphatic rings. The first-order valence-electron chi connectivity index (χ1n) is 5.89. The normalized spacial score (nSPS) is 14.4. The third-order valence-electron chi connectivity index (χ3n) is 3.09. The van der Waals surface area contributed by atoms with Crippen LogP contribution in [0.4, 0.5) is 0 Å². The Labute approximate surface area is 109 Å². The predicted molar refractivity (Wildman–Crippen MR) is 71.9 cm³/mol. The van der Waals surface area contributed by atoms with E-state index in [0.29, 0.717) is 17.7 Å². The van der Waals surface area contributed by atoms with Crippen LogP contribution in [0, 0.1) is 11.8 Å². The van der Waals surface area contributed by atoms with E-state index in [4.69, 9.17) is 21.1 Å². The van der Waals surface area contributed by atoms with Gasteiger partial charge < -0.3 is 9.47 Å². The number of benzene rings is 1. The van der Waals surface area contributed by atoms with Crippen LogP contribution in [0.1, 0.15) is 12.5 Å². The number of hydrogen-bond acceptors (Lipinski definition) is 2. The lowest BCUT2D eigenvalue weighted by Crippen LogP contribution is -2.20. The lowest BCUT2D eigenvalue weighted by molar-refractivity contribution is 0.135. The van der Waals surface area contributed by atoms with Gasteiger partial charge in [0.05, 0.1) is 7.11 Å². The van der Waals surface area contributed by atoms with E-state index in [1.807, 2.05) is 12.1 Å². The Balaban J connectivity index is 2.60. The summed E-state index contributed by atoms with van der Waals surface area (Å²) in [7, 11) is 3.41. The van der Waals surface area contributed by atoms with Crippen molar-refractivity contribution in [2.75, 3.05) is 26.7 Å². The Kier molecular flexibility index (Phi) is 6.38. The molecule has 1 aromatic carbocycles. The number of alkyl halides is 1. The molecule has 0 saturated carbocycles. The van der Waals surface area contributed by atoms with Crippen LogP contribution < -0.4 is 4.74 Å². The summed E-state index contributed by atoms with van der Waals surface area (Å²) < 4.78 is 10.3. The summed E-state index contributed by atoms with van der Waals surface area (Å²) in [5.74, 6) is 2.47. The molecule has 0 N–H and O–H groups in total. The fourth-order valence-corrected chi connectivity index (χ4v) is 2.28. The summed E-state index contributed by atoms with van der Waals surface area (Å²) in [5.41, 5.74) is 1.29. The SMILES string of the molecule is COCC(C)C(CCl)Cc1ccc(OC)cc1.